The Morgan fingerprint density at radius 2 is 1.50 bits per heavy atom. The van der Waals surface area contributed by atoms with Crippen LogP contribution in [0.5, 0.6) is 0 Å². The molecule has 0 N–H and O–H groups in total. The van der Waals surface area contributed by atoms with Gasteiger partial charge in [-0.1, -0.05) is 19.8 Å². The summed E-state index contributed by atoms with van der Waals surface area (Å²) in [6.45, 7) is 3.07. The van der Waals surface area contributed by atoms with Crippen molar-refractivity contribution in [1.82, 2.24) is 0 Å². The molecule has 0 heterocycles. The van der Waals surface area contributed by atoms with Gasteiger partial charge in [-0.15, -0.1) is 0 Å². The third-order valence-corrected chi connectivity index (χ3v) is 6.30. The molecular formula is C20H34O2. The lowest BCUT2D eigenvalue weighted by molar-refractivity contribution is -0.162. The van der Waals surface area contributed by atoms with Gasteiger partial charge in [-0.3, -0.25) is 4.79 Å². The van der Waals surface area contributed by atoms with E-state index in [2.05, 4.69) is 6.92 Å². The van der Waals surface area contributed by atoms with Crippen molar-refractivity contribution in [1.29, 1.82) is 0 Å². The number of ketones is 1. The van der Waals surface area contributed by atoms with Crippen molar-refractivity contribution in [2.45, 2.75) is 96.0 Å². The maximum absolute atomic E-state index is 11.6. The fourth-order valence-electron chi connectivity index (χ4n) is 5.60. The van der Waals surface area contributed by atoms with E-state index < -0.39 is 0 Å². The van der Waals surface area contributed by atoms with Crippen molar-refractivity contribution in [3.8, 4) is 0 Å². The van der Waals surface area contributed by atoms with Gasteiger partial charge in [-0.25, -0.2) is 0 Å². The maximum Gasteiger partial charge on any atom is 0.132 e. The Bertz CT molecular complexity index is 339. The lowest BCUT2D eigenvalue weighted by atomic mass is 9.54. The first kappa shape index (κ1) is 16.5. The highest BCUT2D eigenvalue weighted by molar-refractivity contribution is 5.78. The van der Waals surface area contributed by atoms with Gasteiger partial charge in [0.25, 0.3) is 0 Å². The van der Waals surface area contributed by atoms with Crippen LogP contribution in [0.15, 0.2) is 0 Å². The number of carbonyl (C=O) groups excluding carboxylic acids is 1. The van der Waals surface area contributed by atoms with Crippen LogP contribution in [0, 0.1) is 17.8 Å². The molecule has 4 bridgehead atoms. The number of unbranched alkanes of at least 4 members (excludes halogenated alkanes) is 3. The Labute approximate surface area is 136 Å². The summed E-state index contributed by atoms with van der Waals surface area (Å²) < 4.78 is 6.43. The number of rotatable bonds is 10. The van der Waals surface area contributed by atoms with E-state index >= 15 is 0 Å². The molecule has 4 rings (SSSR count). The number of ether oxygens (including phenoxy) is 1. The molecule has 4 aliphatic rings. The Morgan fingerprint density at radius 1 is 0.909 bits per heavy atom. The van der Waals surface area contributed by atoms with Crippen LogP contribution in [0.1, 0.15) is 90.4 Å². The summed E-state index contributed by atoms with van der Waals surface area (Å²) in [5, 5.41) is 0. The van der Waals surface area contributed by atoms with Gasteiger partial charge in [-0.2, -0.15) is 0 Å². The molecule has 0 aliphatic heterocycles. The van der Waals surface area contributed by atoms with E-state index in [1.54, 1.807) is 0 Å². The zero-order valence-electron chi connectivity index (χ0n) is 14.4. The molecule has 0 spiro atoms. The first-order valence-corrected chi connectivity index (χ1v) is 9.85. The molecule has 2 heteroatoms. The lowest BCUT2D eigenvalue weighted by Gasteiger charge is -2.56. The van der Waals surface area contributed by atoms with Crippen LogP contribution in [0.25, 0.3) is 0 Å². The Balaban J connectivity index is 1.28. The molecule has 0 aromatic heterocycles. The van der Waals surface area contributed by atoms with E-state index in [0.29, 0.717) is 5.78 Å². The van der Waals surface area contributed by atoms with E-state index in [1.807, 2.05) is 0 Å². The Morgan fingerprint density at radius 3 is 2.09 bits per heavy atom. The van der Waals surface area contributed by atoms with Gasteiger partial charge >= 0.3 is 0 Å². The van der Waals surface area contributed by atoms with Crippen LogP contribution in [0.2, 0.25) is 0 Å². The zero-order chi connectivity index (χ0) is 15.4. The quantitative estimate of drug-likeness (QED) is 0.512. The van der Waals surface area contributed by atoms with Crippen LogP contribution in [0.3, 0.4) is 0 Å². The minimum Gasteiger partial charge on any atom is -0.375 e. The second kappa shape index (κ2) is 7.47. The Kier molecular flexibility index (Phi) is 5.60. The zero-order valence-corrected chi connectivity index (χ0v) is 14.4. The largest absolute Gasteiger partial charge is 0.375 e. The van der Waals surface area contributed by atoms with Gasteiger partial charge in [-0.05, 0) is 75.5 Å². The van der Waals surface area contributed by atoms with Crippen LogP contribution < -0.4 is 0 Å². The fraction of sp³-hybridized carbons (Fsp3) is 0.950. The maximum atomic E-state index is 11.6. The molecule has 126 valence electrons. The van der Waals surface area contributed by atoms with Crippen molar-refractivity contribution in [2.75, 3.05) is 6.61 Å². The summed E-state index contributed by atoms with van der Waals surface area (Å²) in [6.07, 6.45) is 15.6. The SMILES string of the molecule is CCCCC(=O)CCCCCOC12CC3CC(CC(C3)C1)C2. The molecule has 4 fully saturated rings. The van der Waals surface area contributed by atoms with Crippen molar-refractivity contribution in [3.05, 3.63) is 0 Å². The molecule has 2 nitrogen and oxygen atoms in total. The van der Waals surface area contributed by atoms with Crippen LogP contribution in [0.4, 0.5) is 0 Å². The van der Waals surface area contributed by atoms with Gasteiger partial charge in [0.2, 0.25) is 0 Å². The highest BCUT2D eigenvalue weighted by Crippen LogP contribution is 2.57. The molecule has 0 unspecified atom stereocenters. The summed E-state index contributed by atoms with van der Waals surface area (Å²) in [4.78, 5) is 11.6. The predicted octanol–water partition coefficient (Wildman–Crippen LogP) is 5.29. The fourth-order valence-corrected chi connectivity index (χ4v) is 5.60. The van der Waals surface area contributed by atoms with Crippen molar-refractivity contribution >= 4 is 5.78 Å². The molecule has 4 saturated carbocycles. The summed E-state index contributed by atoms with van der Waals surface area (Å²) in [6, 6.07) is 0. The standard InChI is InChI=1S/C20H34O2/c1-2-3-7-19(21)8-5-4-6-9-22-20-13-16-10-17(14-20)12-18(11-16)15-20/h16-18H,2-15H2,1H3. The molecule has 0 aromatic rings. The number of Topliss-reactive ketones (excluding diaryl/α,β-unsaturated/α-hetero) is 1. The molecule has 4 aliphatic carbocycles. The number of hydrogen-bond acceptors (Lipinski definition) is 2. The van der Waals surface area contributed by atoms with Crippen LogP contribution >= 0.6 is 0 Å². The number of hydrogen-bond donors (Lipinski definition) is 0. The first-order chi connectivity index (χ1) is 10.7. The summed E-state index contributed by atoms with van der Waals surface area (Å²) in [5.41, 5.74) is 0.270. The molecule has 0 saturated heterocycles. The minimum absolute atomic E-state index is 0.270. The predicted molar refractivity (Wildman–Crippen MR) is 89.9 cm³/mol. The van der Waals surface area contributed by atoms with Crippen LogP contribution in [-0.4, -0.2) is 18.0 Å². The van der Waals surface area contributed by atoms with E-state index in [9.17, 15) is 4.79 Å². The second-order valence-corrected chi connectivity index (χ2v) is 8.40. The van der Waals surface area contributed by atoms with Crippen molar-refractivity contribution in [2.24, 2.45) is 17.8 Å². The number of carbonyl (C=O) groups is 1. The molecule has 0 radical (unpaired) electrons. The van der Waals surface area contributed by atoms with Gasteiger partial charge in [0.15, 0.2) is 0 Å². The molecule has 0 amide bonds. The molecule has 0 atom stereocenters. The van der Waals surface area contributed by atoms with E-state index in [-0.39, 0.29) is 5.60 Å². The normalized spacial score (nSPS) is 36.0. The van der Waals surface area contributed by atoms with E-state index in [0.717, 1.165) is 69.3 Å². The topological polar surface area (TPSA) is 26.3 Å². The van der Waals surface area contributed by atoms with Gasteiger partial charge in [0.1, 0.15) is 5.78 Å². The van der Waals surface area contributed by atoms with E-state index in [4.69, 9.17) is 4.74 Å². The summed E-state index contributed by atoms with van der Waals surface area (Å²) in [5.74, 6) is 3.39. The van der Waals surface area contributed by atoms with Crippen molar-refractivity contribution in [3.63, 3.8) is 0 Å². The second-order valence-electron chi connectivity index (χ2n) is 8.40. The van der Waals surface area contributed by atoms with Crippen molar-refractivity contribution < 1.29 is 9.53 Å². The monoisotopic (exact) mass is 306 g/mol. The van der Waals surface area contributed by atoms with Crippen LogP contribution in [-0.2, 0) is 9.53 Å². The average molecular weight is 306 g/mol. The first-order valence-electron chi connectivity index (χ1n) is 9.85. The van der Waals surface area contributed by atoms with Gasteiger partial charge in [0, 0.05) is 19.4 Å². The average Bonchev–Trinajstić information content (AvgIpc) is 2.47. The van der Waals surface area contributed by atoms with E-state index in [1.165, 1.54) is 38.5 Å². The Hall–Kier alpha value is -0.370. The summed E-state index contributed by atoms with van der Waals surface area (Å²) in [7, 11) is 0. The molecular weight excluding hydrogens is 272 g/mol. The summed E-state index contributed by atoms with van der Waals surface area (Å²) >= 11 is 0. The lowest BCUT2D eigenvalue weighted by Crippen LogP contribution is -2.52. The molecule has 22 heavy (non-hydrogen) atoms. The third-order valence-electron chi connectivity index (χ3n) is 6.30. The van der Waals surface area contributed by atoms with Gasteiger partial charge < -0.3 is 4.74 Å². The molecule has 0 aromatic carbocycles. The van der Waals surface area contributed by atoms with Gasteiger partial charge in [0.05, 0.1) is 5.60 Å². The highest BCUT2D eigenvalue weighted by Gasteiger charge is 2.51. The smallest absolute Gasteiger partial charge is 0.132 e. The third kappa shape index (κ3) is 4.13. The minimum atomic E-state index is 0.270. The highest BCUT2D eigenvalue weighted by atomic mass is 16.5.